The molecule has 67 heavy (non-hydrogen) atoms. The fourth-order valence-electron chi connectivity index (χ4n) is 8.45. The molecule has 1 aliphatic rings. The molecule has 364 valence electrons. The number of unbranched alkanes of at least 4 members (excludes halogenated alkanes) is 5. The lowest BCUT2D eigenvalue weighted by Gasteiger charge is -2.32. The zero-order valence-electron chi connectivity index (χ0n) is 39.4. The SMILES string of the molecule is CCCCCCCCc1ccc(C(=O)C[C@@H](CCNS(N)(=O)=O)C(=O)N(C)[C@@H]2C(=O)C[C@@H](C)C(=O)N[C@H](C(=O)CCC#N)Cc3ccc(OCCN)c(c3)-c3cc2ccc3OCCN)c(C)c1. The quantitative estimate of drug-likeness (QED) is 0.0534. The Hall–Kier alpha value is -5.51. The van der Waals surface area contributed by atoms with Crippen LogP contribution < -0.4 is 36.1 Å². The molecular formula is C50H69N7O9S. The molecule has 0 aromatic heterocycles. The highest BCUT2D eigenvalue weighted by Gasteiger charge is 2.36. The summed E-state index contributed by atoms with van der Waals surface area (Å²) in [5.74, 6) is -3.72. The van der Waals surface area contributed by atoms with Crippen LogP contribution in [0.2, 0.25) is 0 Å². The summed E-state index contributed by atoms with van der Waals surface area (Å²) in [5.41, 5.74) is 16.0. The first kappa shape index (κ1) is 54.1. The number of likely N-dealkylation sites (N-methyl/N-ethyl adjacent to an activating group) is 1. The van der Waals surface area contributed by atoms with Gasteiger partial charge in [0.25, 0.3) is 10.2 Å². The number of hydrogen-bond donors (Lipinski definition) is 5. The number of Topliss-reactive ketones (excluding diaryl/α,β-unsaturated/α-hetero) is 3. The number of amides is 2. The monoisotopic (exact) mass is 943 g/mol. The van der Waals surface area contributed by atoms with Gasteiger partial charge in [-0.05, 0) is 79.1 Å². The summed E-state index contributed by atoms with van der Waals surface area (Å²) in [5, 5.41) is 17.3. The second-order valence-electron chi connectivity index (χ2n) is 17.4. The summed E-state index contributed by atoms with van der Waals surface area (Å²) < 4.78 is 38.4. The van der Waals surface area contributed by atoms with E-state index in [1.165, 1.54) is 37.6 Å². The molecule has 3 aromatic rings. The maximum Gasteiger partial charge on any atom is 0.274 e. The Morgan fingerprint density at radius 2 is 1.58 bits per heavy atom. The fourth-order valence-corrected chi connectivity index (χ4v) is 8.86. The smallest absolute Gasteiger partial charge is 0.274 e. The Labute approximate surface area is 395 Å². The molecule has 0 aliphatic carbocycles. The number of nitrogens with two attached hydrogens (primary N) is 3. The molecular weight excluding hydrogens is 875 g/mol. The molecule has 0 saturated heterocycles. The third kappa shape index (κ3) is 16.4. The van der Waals surface area contributed by atoms with Crippen LogP contribution in [0.4, 0.5) is 0 Å². The van der Waals surface area contributed by atoms with Crippen molar-refractivity contribution in [1.29, 1.82) is 5.26 Å². The summed E-state index contributed by atoms with van der Waals surface area (Å²) in [6.45, 7) is 5.97. The van der Waals surface area contributed by atoms with Crippen molar-refractivity contribution >= 4 is 39.4 Å². The Morgan fingerprint density at radius 1 is 0.925 bits per heavy atom. The number of aryl methyl sites for hydroxylation is 2. The first-order valence-corrected chi connectivity index (χ1v) is 24.9. The minimum absolute atomic E-state index is 0.0527. The molecule has 1 aliphatic heterocycles. The van der Waals surface area contributed by atoms with Gasteiger partial charge in [-0.2, -0.15) is 13.7 Å². The second kappa shape index (κ2) is 26.7. The summed E-state index contributed by atoms with van der Waals surface area (Å²) in [6, 6.07) is 15.6. The minimum Gasteiger partial charge on any atom is -0.492 e. The standard InChI is InChI=1S/C50H69N7O9S/c1-5-6-7-8-9-10-12-35-14-17-39(33(2)27-35)44(59)32-38(20-24-55-67(54,63)64)50(62)57(4)48-37-16-19-47(66-26-23-53)41(31-37)40-29-36(15-18-46(40)65-25-22-52)30-42(43(58)13-11-21-51)56-49(61)34(3)28-45(48)60/h14-19,27,29,31,34,38,42,48,55H,5-13,20,22-26,28,30,32,52-53H2,1-4H3,(H,56,61)(H2,54,63,64)/t34-,38-,42+,48+/m1/s1. The van der Waals surface area contributed by atoms with Crippen LogP contribution in [0, 0.1) is 30.1 Å². The first-order valence-electron chi connectivity index (χ1n) is 23.3. The summed E-state index contributed by atoms with van der Waals surface area (Å²) in [7, 11) is -2.72. The molecule has 17 heteroatoms. The van der Waals surface area contributed by atoms with Crippen molar-refractivity contribution in [3.05, 3.63) is 82.4 Å². The van der Waals surface area contributed by atoms with Crippen LogP contribution in [-0.4, -0.2) is 88.4 Å². The molecule has 0 spiro atoms. The van der Waals surface area contributed by atoms with Crippen LogP contribution >= 0.6 is 0 Å². The van der Waals surface area contributed by atoms with E-state index in [4.69, 9.17) is 26.1 Å². The average Bonchev–Trinajstić information content (AvgIpc) is 3.29. The van der Waals surface area contributed by atoms with Gasteiger partial charge >= 0.3 is 0 Å². The number of carbonyl (C=O) groups is 5. The Balaban J connectivity index is 1.81. The first-order chi connectivity index (χ1) is 32.0. The zero-order chi connectivity index (χ0) is 49.1. The molecule has 0 saturated carbocycles. The number of ether oxygens (including phenoxy) is 2. The van der Waals surface area contributed by atoms with Crippen molar-refractivity contribution < 1.29 is 41.9 Å². The number of nitriles is 1. The van der Waals surface area contributed by atoms with E-state index in [-0.39, 0.29) is 82.9 Å². The summed E-state index contributed by atoms with van der Waals surface area (Å²) >= 11 is 0. The Morgan fingerprint density at radius 3 is 2.22 bits per heavy atom. The molecule has 1 heterocycles. The van der Waals surface area contributed by atoms with Crippen molar-refractivity contribution in [1.82, 2.24) is 14.9 Å². The topological polar surface area (TPSA) is 267 Å². The normalized spacial score (nSPS) is 16.8. The Bertz CT molecular complexity index is 2350. The number of nitrogens with zero attached hydrogens (tertiary/aromatic N) is 2. The van der Waals surface area contributed by atoms with Gasteiger partial charge in [-0.3, -0.25) is 24.0 Å². The van der Waals surface area contributed by atoms with Crippen LogP contribution in [0.1, 0.15) is 123 Å². The van der Waals surface area contributed by atoms with Crippen LogP contribution in [0.15, 0.2) is 54.6 Å². The molecule has 8 N–H and O–H groups in total. The van der Waals surface area contributed by atoms with Crippen molar-refractivity contribution in [3.8, 4) is 28.7 Å². The van der Waals surface area contributed by atoms with Crippen LogP contribution in [-0.2, 0) is 42.2 Å². The number of ketones is 3. The highest BCUT2D eigenvalue weighted by Crippen LogP contribution is 2.41. The molecule has 0 fully saturated rings. The maximum absolute atomic E-state index is 14.9. The molecule has 4 rings (SSSR count). The van der Waals surface area contributed by atoms with E-state index in [1.54, 1.807) is 49.4 Å². The highest BCUT2D eigenvalue weighted by atomic mass is 32.2. The molecule has 16 nitrogen and oxygen atoms in total. The molecule has 4 bridgehead atoms. The van der Waals surface area contributed by atoms with Crippen molar-refractivity contribution in [3.63, 3.8) is 0 Å². The number of benzene rings is 3. The van der Waals surface area contributed by atoms with Gasteiger partial charge in [0.2, 0.25) is 11.8 Å². The van der Waals surface area contributed by atoms with Crippen LogP contribution in [0.5, 0.6) is 11.5 Å². The maximum atomic E-state index is 14.9. The van der Waals surface area contributed by atoms with E-state index in [2.05, 4.69) is 17.0 Å². The van der Waals surface area contributed by atoms with Gasteiger partial charge in [-0.25, -0.2) is 9.86 Å². The molecule has 0 radical (unpaired) electrons. The van der Waals surface area contributed by atoms with Gasteiger partial charge in [-0.1, -0.05) is 76.3 Å². The van der Waals surface area contributed by atoms with Crippen LogP contribution in [0.25, 0.3) is 11.1 Å². The molecule has 2 amide bonds. The van der Waals surface area contributed by atoms with Gasteiger partial charge in [0.1, 0.15) is 30.8 Å². The zero-order valence-corrected chi connectivity index (χ0v) is 40.3. The third-order valence-electron chi connectivity index (χ3n) is 12.0. The number of fused-ring (bicyclic) bond motifs is 5. The van der Waals surface area contributed by atoms with Gasteiger partial charge in [0.15, 0.2) is 17.3 Å². The fraction of sp³-hybridized carbons (Fsp3) is 0.520. The Kier molecular flexibility index (Phi) is 21.6. The number of carbonyl (C=O) groups excluding carboxylic acids is 5. The highest BCUT2D eigenvalue weighted by molar-refractivity contribution is 7.87. The predicted molar refractivity (Wildman–Crippen MR) is 257 cm³/mol. The third-order valence-corrected chi connectivity index (χ3v) is 12.6. The van der Waals surface area contributed by atoms with E-state index >= 15 is 0 Å². The second-order valence-corrected chi connectivity index (χ2v) is 18.8. The van der Waals surface area contributed by atoms with Gasteiger partial charge in [0.05, 0.1) is 12.1 Å². The van der Waals surface area contributed by atoms with Crippen molar-refractivity contribution in [2.45, 2.75) is 116 Å². The van der Waals surface area contributed by atoms with Crippen molar-refractivity contribution in [2.75, 3.05) is 39.9 Å². The predicted octanol–water partition coefficient (Wildman–Crippen LogP) is 5.32. The van der Waals surface area contributed by atoms with Gasteiger partial charge in [-0.15, -0.1) is 0 Å². The lowest BCUT2D eigenvalue weighted by molar-refractivity contribution is -0.142. The van der Waals surface area contributed by atoms with E-state index in [1.807, 2.05) is 25.1 Å². The van der Waals surface area contributed by atoms with Crippen LogP contribution in [0.3, 0.4) is 0 Å². The van der Waals surface area contributed by atoms with E-state index in [0.717, 1.165) is 30.4 Å². The minimum atomic E-state index is -4.16. The van der Waals surface area contributed by atoms with E-state index in [0.29, 0.717) is 39.3 Å². The number of hydrogen-bond acceptors (Lipinski definition) is 12. The van der Waals surface area contributed by atoms with Gasteiger partial charge in [0, 0.05) is 80.9 Å². The van der Waals surface area contributed by atoms with E-state index in [9.17, 15) is 37.7 Å². The number of rotatable bonds is 25. The largest absolute Gasteiger partial charge is 0.492 e. The average molecular weight is 944 g/mol. The molecule has 4 atom stereocenters. The molecule has 3 aromatic carbocycles. The van der Waals surface area contributed by atoms with Gasteiger partial charge < -0.3 is 31.2 Å². The lowest BCUT2D eigenvalue weighted by Crippen LogP contribution is -2.46. The molecule has 0 unspecified atom stereocenters. The summed E-state index contributed by atoms with van der Waals surface area (Å²) in [6.07, 6.45) is 6.94. The summed E-state index contributed by atoms with van der Waals surface area (Å²) in [4.78, 5) is 72.4. The van der Waals surface area contributed by atoms with E-state index < -0.39 is 51.7 Å². The van der Waals surface area contributed by atoms with Crippen molar-refractivity contribution in [2.24, 2.45) is 28.4 Å². The lowest BCUT2D eigenvalue weighted by atomic mass is 9.87. The number of nitrogens with one attached hydrogen (secondary N) is 2.